The number of benzene rings is 1. The number of fused-ring (bicyclic) bond motifs is 1. The fourth-order valence-electron chi connectivity index (χ4n) is 2.17. The SMILES string of the molecule is CCN(Cc1csc2ccccc12)CC(C)C(=O)O. The van der Waals surface area contributed by atoms with Crippen LogP contribution in [0.1, 0.15) is 19.4 Å². The predicted octanol–water partition coefficient (Wildman–Crippen LogP) is 3.44. The largest absolute Gasteiger partial charge is 0.481 e. The molecule has 0 fully saturated rings. The van der Waals surface area contributed by atoms with Crippen LogP contribution in [-0.2, 0) is 11.3 Å². The van der Waals surface area contributed by atoms with Crippen molar-refractivity contribution in [2.45, 2.75) is 20.4 Å². The molecule has 0 radical (unpaired) electrons. The summed E-state index contributed by atoms with van der Waals surface area (Å²) in [6.07, 6.45) is 0. The van der Waals surface area contributed by atoms with E-state index in [-0.39, 0.29) is 5.92 Å². The summed E-state index contributed by atoms with van der Waals surface area (Å²) in [5.41, 5.74) is 1.29. The third kappa shape index (κ3) is 3.33. The summed E-state index contributed by atoms with van der Waals surface area (Å²) >= 11 is 1.75. The van der Waals surface area contributed by atoms with Crippen LogP contribution in [0, 0.1) is 5.92 Å². The molecular weight excluding hydrogens is 258 g/mol. The highest BCUT2D eigenvalue weighted by atomic mass is 32.1. The summed E-state index contributed by atoms with van der Waals surface area (Å²) in [6, 6.07) is 8.36. The Morgan fingerprint density at radius 2 is 2.16 bits per heavy atom. The lowest BCUT2D eigenvalue weighted by Crippen LogP contribution is -2.31. The standard InChI is InChI=1S/C15H19NO2S/c1-3-16(8-11(2)15(17)18)9-12-10-19-14-7-5-4-6-13(12)14/h4-7,10-11H,3,8-9H2,1-2H3,(H,17,18). The molecule has 1 heterocycles. The van der Waals surface area contributed by atoms with Crippen molar-refractivity contribution in [2.24, 2.45) is 5.92 Å². The van der Waals surface area contributed by atoms with E-state index in [4.69, 9.17) is 5.11 Å². The second-order valence-corrected chi connectivity index (χ2v) is 5.74. The van der Waals surface area contributed by atoms with E-state index in [1.165, 1.54) is 15.6 Å². The Morgan fingerprint density at radius 1 is 1.42 bits per heavy atom. The average molecular weight is 277 g/mol. The van der Waals surface area contributed by atoms with Gasteiger partial charge in [0.05, 0.1) is 5.92 Å². The van der Waals surface area contributed by atoms with Gasteiger partial charge >= 0.3 is 5.97 Å². The molecule has 0 amide bonds. The quantitative estimate of drug-likeness (QED) is 0.879. The zero-order valence-electron chi connectivity index (χ0n) is 11.3. The second kappa shape index (κ2) is 6.17. The third-order valence-electron chi connectivity index (χ3n) is 3.36. The first-order valence-electron chi connectivity index (χ1n) is 6.52. The van der Waals surface area contributed by atoms with E-state index in [1.807, 2.05) is 6.07 Å². The maximum Gasteiger partial charge on any atom is 0.307 e. The first kappa shape index (κ1) is 14.0. The van der Waals surface area contributed by atoms with Crippen molar-refractivity contribution in [3.05, 3.63) is 35.2 Å². The Labute approximate surface area is 117 Å². The van der Waals surface area contributed by atoms with Gasteiger partial charge in [-0.15, -0.1) is 11.3 Å². The zero-order chi connectivity index (χ0) is 13.8. The number of carboxylic acid groups (broad SMARTS) is 1. The molecule has 4 heteroatoms. The average Bonchev–Trinajstić information content (AvgIpc) is 2.81. The molecule has 19 heavy (non-hydrogen) atoms. The van der Waals surface area contributed by atoms with Gasteiger partial charge < -0.3 is 5.11 Å². The molecule has 2 rings (SSSR count). The Hall–Kier alpha value is -1.39. The minimum atomic E-state index is -0.728. The molecule has 1 N–H and O–H groups in total. The molecule has 102 valence electrons. The smallest absolute Gasteiger partial charge is 0.307 e. The normalized spacial score (nSPS) is 13.0. The molecule has 1 atom stereocenters. The Balaban J connectivity index is 2.12. The van der Waals surface area contributed by atoms with Crippen molar-refractivity contribution in [2.75, 3.05) is 13.1 Å². The predicted molar refractivity (Wildman–Crippen MR) is 79.6 cm³/mol. The number of rotatable bonds is 6. The van der Waals surface area contributed by atoms with Crippen molar-refractivity contribution in [1.82, 2.24) is 4.90 Å². The highest BCUT2D eigenvalue weighted by Crippen LogP contribution is 2.26. The Bertz CT molecular complexity index is 564. The molecule has 0 aliphatic heterocycles. The molecule has 0 aliphatic rings. The van der Waals surface area contributed by atoms with Crippen LogP contribution in [-0.4, -0.2) is 29.1 Å². The van der Waals surface area contributed by atoms with E-state index >= 15 is 0 Å². The number of carboxylic acids is 1. The lowest BCUT2D eigenvalue weighted by Gasteiger charge is -2.22. The van der Waals surface area contributed by atoms with Crippen LogP contribution in [0.25, 0.3) is 10.1 Å². The molecule has 1 unspecified atom stereocenters. The molecule has 0 saturated carbocycles. The van der Waals surface area contributed by atoms with Gasteiger partial charge in [0.2, 0.25) is 0 Å². The lowest BCUT2D eigenvalue weighted by molar-refractivity contribution is -0.141. The van der Waals surface area contributed by atoms with Crippen molar-refractivity contribution < 1.29 is 9.90 Å². The summed E-state index contributed by atoms with van der Waals surface area (Å²) in [6.45, 7) is 6.11. The number of hydrogen-bond donors (Lipinski definition) is 1. The summed E-state index contributed by atoms with van der Waals surface area (Å²) in [5.74, 6) is -1.06. The maximum atomic E-state index is 10.9. The monoisotopic (exact) mass is 277 g/mol. The fourth-order valence-corrected chi connectivity index (χ4v) is 3.12. The van der Waals surface area contributed by atoms with Gasteiger partial charge in [0, 0.05) is 17.8 Å². The van der Waals surface area contributed by atoms with E-state index in [2.05, 4.69) is 35.4 Å². The molecular formula is C15H19NO2S. The number of thiophene rings is 1. The Kier molecular flexibility index (Phi) is 4.56. The van der Waals surface area contributed by atoms with Crippen LogP contribution < -0.4 is 0 Å². The minimum absolute atomic E-state index is 0.329. The molecule has 2 aromatic rings. The van der Waals surface area contributed by atoms with Crippen LogP contribution in [0.3, 0.4) is 0 Å². The van der Waals surface area contributed by atoms with Crippen molar-refractivity contribution in [1.29, 1.82) is 0 Å². The van der Waals surface area contributed by atoms with Gasteiger partial charge in [-0.3, -0.25) is 9.69 Å². The summed E-state index contributed by atoms with van der Waals surface area (Å²) in [7, 11) is 0. The summed E-state index contributed by atoms with van der Waals surface area (Å²) in [5, 5.41) is 12.5. The summed E-state index contributed by atoms with van der Waals surface area (Å²) in [4.78, 5) is 13.1. The second-order valence-electron chi connectivity index (χ2n) is 4.82. The molecule has 0 saturated heterocycles. The van der Waals surface area contributed by atoms with Gasteiger partial charge in [-0.2, -0.15) is 0 Å². The van der Waals surface area contributed by atoms with E-state index in [0.29, 0.717) is 6.54 Å². The van der Waals surface area contributed by atoms with Gasteiger partial charge in [-0.25, -0.2) is 0 Å². The fraction of sp³-hybridized carbons (Fsp3) is 0.400. The zero-order valence-corrected chi connectivity index (χ0v) is 12.1. The Morgan fingerprint density at radius 3 is 2.84 bits per heavy atom. The maximum absolute atomic E-state index is 10.9. The van der Waals surface area contributed by atoms with Crippen LogP contribution >= 0.6 is 11.3 Å². The van der Waals surface area contributed by atoms with Crippen molar-refractivity contribution in [3.63, 3.8) is 0 Å². The van der Waals surface area contributed by atoms with Crippen LogP contribution in [0.15, 0.2) is 29.6 Å². The molecule has 0 spiro atoms. The minimum Gasteiger partial charge on any atom is -0.481 e. The number of aliphatic carboxylic acids is 1. The van der Waals surface area contributed by atoms with Gasteiger partial charge in [-0.1, -0.05) is 32.0 Å². The van der Waals surface area contributed by atoms with Crippen LogP contribution in [0.4, 0.5) is 0 Å². The number of carbonyl (C=O) groups is 1. The van der Waals surface area contributed by atoms with E-state index < -0.39 is 5.97 Å². The van der Waals surface area contributed by atoms with Crippen LogP contribution in [0.5, 0.6) is 0 Å². The van der Waals surface area contributed by atoms with Crippen LogP contribution in [0.2, 0.25) is 0 Å². The third-order valence-corrected chi connectivity index (χ3v) is 4.37. The molecule has 3 nitrogen and oxygen atoms in total. The highest BCUT2D eigenvalue weighted by Gasteiger charge is 2.16. The lowest BCUT2D eigenvalue weighted by atomic mass is 10.1. The van der Waals surface area contributed by atoms with Crippen molar-refractivity contribution >= 4 is 27.4 Å². The molecule has 0 aliphatic carbocycles. The first-order chi connectivity index (χ1) is 9.11. The van der Waals surface area contributed by atoms with E-state index in [1.54, 1.807) is 18.3 Å². The molecule has 0 bridgehead atoms. The van der Waals surface area contributed by atoms with E-state index in [9.17, 15) is 4.79 Å². The molecule has 1 aromatic carbocycles. The van der Waals surface area contributed by atoms with Gasteiger partial charge in [-0.05, 0) is 28.9 Å². The summed E-state index contributed by atoms with van der Waals surface area (Å²) < 4.78 is 1.29. The highest BCUT2D eigenvalue weighted by molar-refractivity contribution is 7.17. The topological polar surface area (TPSA) is 40.5 Å². The van der Waals surface area contributed by atoms with Crippen molar-refractivity contribution in [3.8, 4) is 0 Å². The first-order valence-corrected chi connectivity index (χ1v) is 7.40. The van der Waals surface area contributed by atoms with Gasteiger partial charge in [0.15, 0.2) is 0 Å². The molecule has 1 aromatic heterocycles. The number of hydrogen-bond acceptors (Lipinski definition) is 3. The number of nitrogens with zero attached hydrogens (tertiary/aromatic N) is 1. The van der Waals surface area contributed by atoms with E-state index in [0.717, 1.165) is 13.1 Å². The van der Waals surface area contributed by atoms with Gasteiger partial charge in [0.25, 0.3) is 0 Å². The van der Waals surface area contributed by atoms with Gasteiger partial charge in [0.1, 0.15) is 0 Å².